The molecule has 5 aromatic rings. The third kappa shape index (κ3) is 7.00. The Labute approximate surface area is 393 Å². The number of fused-ring (bicyclic) bond motifs is 2. The second-order valence-electron chi connectivity index (χ2n) is 20.2. The van der Waals surface area contributed by atoms with Gasteiger partial charge in [-0.05, 0) is 127 Å². The maximum absolute atomic E-state index is 15.3. The van der Waals surface area contributed by atoms with Gasteiger partial charge in [-0.15, -0.1) is 0 Å². The second-order valence-corrected chi connectivity index (χ2v) is 20.7. The third-order valence-corrected chi connectivity index (χ3v) is 17.5. The zero-order valence-corrected chi connectivity index (χ0v) is 38.8. The zero-order valence-electron chi connectivity index (χ0n) is 38.1. The fourth-order valence-electron chi connectivity index (χ4n) is 13.7. The summed E-state index contributed by atoms with van der Waals surface area (Å²) in [4.78, 5) is 32.0. The van der Waals surface area contributed by atoms with Crippen LogP contribution < -0.4 is 9.47 Å². The largest absolute Gasteiger partial charge is 0.493 e. The molecule has 3 fully saturated rings. The summed E-state index contributed by atoms with van der Waals surface area (Å²) in [6.45, 7) is 4.74. The summed E-state index contributed by atoms with van der Waals surface area (Å²) in [5.41, 5.74) is -2.61. The van der Waals surface area contributed by atoms with Gasteiger partial charge in [0.25, 0.3) is 0 Å². The summed E-state index contributed by atoms with van der Waals surface area (Å²) in [5.74, 6) is 0.248. The molecule has 2 N–H and O–H groups in total. The van der Waals surface area contributed by atoms with E-state index in [0.717, 1.165) is 40.5 Å². The number of benzene rings is 4. The number of methoxy groups -OCH3 is 2. The van der Waals surface area contributed by atoms with Crippen molar-refractivity contribution in [2.24, 2.45) is 33.5 Å². The Bertz CT molecular complexity index is 2870. The quantitative estimate of drug-likeness (QED) is 0.100. The lowest BCUT2D eigenvalue weighted by Crippen LogP contribution is -2.67. The number of aliphatic hydroxyl groups excluding tert-OH is 1. The fraction of sp³-hybridized carbons (Fsp3) is 0.418. The molecule has 4 aromatic carbocycles. The minimum absolute atomic E-state index is 0.0204. The first kappa shape index (κ1) is 45.4. The van der Waals surface area contributed by atoms with Gasteiger partial charge >= 0.3 is 6.18 Å². The summed E-state index contributed by atoms with van der Waals surface area (Å²) in [7, 11) is 3.12. The van der Waals surface area contributed by atoms with Gasteiger partial charge in [0.15, 0.2) is 17.3 Å². The number of ether oxygens (including phenoxy) is 2. The number of carbonyl (C=O) groups is 2. The van der Waals surface area contributed by atoms with E-state index < -0.39 is 39.7 Å². The molecule has 1 amide bonds. The molecule has 3 saturated carbocycles. The molecule has 2 bridgehead atoms. The summed E-state index contributed by atoms with van der Waals surface area (Å²) >= 11 is 6.44. The molecule has 0 saturated heterocycles. The van der Waals surface area contributed by atoms with Gasteiger partial charge in [0.1, 0.15) is 5.76 Å². The van der Waals surface area contributed by atoms with Gasteiger partial charge < -0.3 is 29.0 Å². The highest BCUT2D eigenvalue weighted by atomic mass is 35.5. The van der Waals surface area contributed by atoms with Gasteiger partial charge in [-0.3, -0.25) is 9.59 Å². The van der Waals surface area contributed by atoms with E-state index in [1.165, 1.54) is 18.2 Å². The van der Waals surface area contributed by atoms with E-state index >= 15 is 4.79 Å². The van der Waals surface area contributed by atoms with Crippen LogP contribution in [-0.4, -0.2) is 59.3 Å². The Morgan fingerprint density at radius 2 is 1.58 bits per heavy atom. The lowest BCUT2D eigenvalue weighted by atomic mass is 9.32. The fourth-order valence-corrected chi connectivity index (χ4v) is 13.9. The second kappa shape index (κ2) is 16.1. The number of hydrogen-bond donors (Lipinski definition) is 2. The van der Waals surface area contributed by atoms with Crippen molar-refractivity contribution in [3.63, 3.8) is 0 Å². The number of rotatable bonds is 11. The van der Waals surface area contributed by atoms with E-state index in [4.69, 9.17) is 25.5 Å². The number of ketones is 1. The van der Waals surface area contributed by atoms with E-state index in [-0.39, 0.29) is 70.6 Å². The smallest absolute Gasteiger partial charge is 0.416 e. The summed E-state index contributed by atoms with van der Waals surface area (Å²) in [6.07, 6.45) is 5.46. The van der Waals surface area contributed by atoms with Crippen molar-refractivity contribution in [1.82, 2.24) is 4.90 Å². The molecular weight excluding hydrogens is 879 g/mol. The molecule has 11 rings (SSSR count). The molecule has 8 nitrogen and oxygen atoms in total. The molecule has 6 aliphatic rings. The Morgan fingerprint density at radius 1 is 0.851 bits per heavy atom. The van der Waals surface area contributed by atoms with Crippen molar-refractivity contribution in [2.75, 3.05) is 20.8 Å². The normalized spacial score (nSPS) is 30.6. The predicted octanol–water partition coefficient (Wildman–Crippen LogP) is 11.8. The van der Waals surface area contributed by atoms with E-state index in [0.29, 0.717) is 55.6 Å². The van der Waals surface area contributed by atoms with Crippen LogP contribution in [0.15, 0.2) is 119 Å². The van der Waals surface area contributed by atoms with Crippen LogP contribution in [0.3, 0.4) is 0 Å². The van der Waals surface area contributed by atoms with Gasteiger partial charge in [0, 0.05) is 33.9 Å². The van der Waals surface area contributed by atoms with Crippen molar-refractivity contribution >= 4 is 34.1 Å². The van der Waals surface area contributed by atoms with Crippen LogP contribution >= 0.6 is 11.6 Å². The third-order valence-electron chi connectivity index (χ3n) is 17.2. The van der Waals surface area contributed by atoms with E-state index in [2.05, 4.69) is 32.1 Å². The van der Waals surface area contributed by atoms with E-state index in [9.17, 15) is 28.2 Å². The number of aliphatic hydroxyl groups is 2. The SMILES string of the molecule is COc1ccc(CC(=O)N(Cc2cccc3ccccc23)CC2(O)CCC3C45C=CC6(C=C4C(=O)c4ccc(-c7cc(C(F)(F)F)ccc7Cl)o4)CC(O)CCC6(C)C5CCC32C)cc1OC. The van der Waals surface area contributed by atoms with Gasteiger partial charge in [0.05, 0.1) is 49.5 Å². The van der Waals surface area contributed by atoms with Gasteiger partial charge in [-0.2, -0.15) is 13.2 Å². The average Bonchev–Trinajstić information content (AvgIpc) is 3.90. The molecule has 8 unspecified atom stereocenters. The number of hydrogen-bond acceptors (Lipinski definition) is 7. The number of allylic oxidation sites excluding steroid dienone is 4. The van der Waals surface area contributed by atoms with Crippen molar-refractivity contribution in [1.29, 1.82) is 0 Å². The molecule has 0 aliphatic heterocycles. The van der Waals surface area contributed by atoms with Gasteiger partial charge in [-0.1, -0.05) is 92.2 Å². The molecule has 1 heterocycles. The summed E-state index contributed by atoms with van der Waals surface area (Å²) < 4.78 is 58.7. The first-order valence-electron chi connectivity index (χ1n) is 23.2. The number of amides is 1. The molecule has 350 valence electrons. The predicted molar refractivity (Wildman–Crippen MR) is 250 cm³/mol. The van der Waals surface area contributed by atoms with Crippen LogP contribution in [0.1, 0.15) is 86.0 Å². The number of alkyl halides is 3. The Kier molecular flexibility index (Phi) is 10.9. The van der Waals surface area contributed by atoms with Gasteiger partial charge in [0.2, 0.25) is 11.7 Å². The van der Waals surface area contributed by atoms with Crippen molar-refractivity contribution < 1.29 is 46.9 Å². The summed E-state index contributed by atoms with van der Waals surface area (Å²) in [6, 6.07) is 25.5. The Hall–Kier alpha value is -5.36. The van der Waals surface area contributed by atoms with Crippen molar-refractivity contribution in [3.05, 3.63) is 142 Å². The molecule has 1 aromatic heterocycles. The molecule has 6 aliphatic carbocycles. The van der Waals surface area contributed by atoms with Crippen LogP contribution in [0, 0.1) is 33.5 Å². The van der Waals surface area contributed by atoms with Crippen molar-refractivity contribution in [2.45, 2.75) is 89.6 Å². The highest BCUT2D eigenvalue weighted by Gasteiger charge is 2.74. The number of furan rings is 1. The molecular formula is C55H55ClF3NO7. The standard InChI is InChI=1S/C55H55ClF3NO7/c1-50-21-18-37(61)29-52(50)24-25-54(40(30-52)49(63)44-17-16-42(67-44)39-28-36(55(57,58)59)13-14-41(39)56)46(50)19-22-51(2)47(54)20-23-53(51,64)32-60(31-35-10-7-9-34-8-5-6-11-38(34)35)48(62)27-33-12-15-43(65-3)45(26-33)66-4/h5-17,24-26,28,30,37,46-47,61,64H,18-23,27,29,31-32H2,1-4H3. The first-order valence-corrected chi connectivity index (χ1v) is 23.6. The molecule has 0 radical (unpaired) electrons. The monoisotopic (exact) mass is 933 g/mol. The number of nitrogens with zero attached hydrogens (tertiary/aromatic N) is 1. The maximum atomic E-state index is 15.3. The van der Waals surface area contributed by atoms with Crippen LogP contribution in [0.4, 0.5) is 13.2 Å². The maximum Gasteiger partial charge on any atom is 0.416 e. The average molecular weight is 934 g/mol. The minimum atomic E-state index is -4.62. The van der Waals surface area contributed by atoms with Crippen LogP contribution in [0.25, 0.3) is 22.1 Å². The number of halogens is 4. The number of Topliss-reactive ketones (excluding diaryl/α,β-unsaturated/α-hetero) is 1. The Balaban J connectivity index is 1.04. The van der Waals surface area contributed by atoms with E-state index in [1.54, 1.807) is 31.3 Å². The lowest BCUT2D eigenvalue weighted by molar-refractivity contribution is -0.178. The number of carbonyl (C=O) groups excluding carboxylic acids is 2. The highest BCUT2D eigenvalue weighted by molar-refractivity contribution is 6.33. The first-order chi connectivity index (χ1) is 31.9. The van der Waals surface area contributed by atoms with Crippen LogP contribution in [-0.2, 0) is 23.9 Å². The highest BCUT2D eigenvalue weighted by Crippen LogP contribution is 2.78. The molecule has 8 atom stereocenters. The zero-order chi connectivity index (χ0) is 47.3. The lowest BCUT2D eigenvalue weighted by Gasteiger charge is -2.71. The van der Waals surface area contributed by atoms with E-state index in [1.807, 2.05) is 48.5 Å². The van der Waals surface area contributed by atoms with Crippen LogP contribution in [0.5, 0.6) is 11.5 Å². The molecule has 2 spiro atoms. The summed E-state index contributed by atoms with van der Waals surface area (Å²) in [5, 5.41) is 26.8. The van der Waals surface area contributed by atoms with Crippen LogP contribution in [0.2, 0.25) is 5.02 Å². The molecule has 12 heteroatoms. The topological polar surface area (TPSA) is 109 Å². The molecule has 67 heavy (non-hydrogen) atoms. The Morgan fingerprint density at radius 3 is 2.36 bits per heavy atom. The minimum Gasteiger partial charge on any atom is -0.493 e. The van der Waals surface area contributed by atoms with Gasteiger partial charge in [-0.25, -0.2) is 0 Å². The van der Waals surface area contributed by atoms with Crippen molar-refractivity contribution in [3.8, 4) is 22.8 Å².